The van der Waals surface area contributed by atoms with E-state index in [4.69, 9.17) is 4.74 Å². The maximum Gasteiger partial charge on any atom is 0.334 e. The van der Waals surface area contributed by atoms with E-state index in [0.29, 0.717) is 18.7 Å². The zero-order valence-electron chi connectivity index (χ0n) is 19.0. The van der Waals surface area contributed by atoms with Gasteiger partial charge < -0.3 is 9.64 Å². The fourth-order valence-electron chi connectivity index (χ4n) is 4.31. The van der Waals surface area contributed by atoms with Crippen molar-refractivity contribution in [2.24, 2.45) is 5.92 Å². The molecule has 29 heavy (non-hydrogen) atoms. The standard InChI is InChI=1S/C26H41NO2/c1-5-6-7-8-9-11-22-13-15-25-19-23(14-16-24(25)18-22)12-10-17-29-26(28)21(2)20-27(3)4/h14,16,19,22H,2,5-13,15,17-18,20H2,1,3-4H3. The van der Waals surface area contributed by atoms with Crippen LogP contribution in [0.2, 0.25) is 0 Å². The molecular formula is C26H41NO2. The van der Waals surface area contributed by atoms with E-state index in [9.17, 15) is 4.79 Å². The number of aryl methyl sites for hydroxylation is 2. The minimum Gasteiger partial charge on any atom is -0.462 e. The molecular weight excluding hydrogens is 358 g/mol. The van der Waals surface area contributed by atoms with Gasteiger partial charge in [0.15, 0.2) is 0 Å². The molecule has 0 aromatic heterocycles. The lowest BCUT2D eigenvalue weighted by atomic mass is 9.80. The molecule has 0 aliphatic heterocycles. The van der Waals surface area contributed by atoms with Crippen molar-refractivity contribution in [2.45, 2.75) is 77.6 Å². The summed E-state index contributed by atoms with van der Waals surface area (Å²) in [6.07, 6.45) is 14.0. The van der Waals surface area contributed by atoms with E-state index in [1.807, 2.05) is 19.0 Å². The summed E-state index contributed by atoms with van der Waals surface area (Å²) in [5.41, 5.74) is 4.99. The number of benzene rings is 1. The molecule has 0 heterocycles. The van der Waals surface area contributed by atoms with Gasteiger partial charge in [0.25, 0.3) is 0 Å². The van der Waals surface area contributed by atoms with Crippen LogP contribution in [0.25, 0.3) is 0 Å². The molecule has 0 radical (unpaired) electrons. The van der Waals surface area contributed by atoms with E-state index >= 15 is 0 Å². The number of esters is 1. The highest BCUT2D eigenvalue weighted by Gasteiger charge is 2.18. The molecule has 3 heteroatoms. The van der Waals surface area contributed by atoms with E-state index in [2.05, 4.69) is 31.7 Å². The molecule has 0 saturated heterocycles. The van der Waals surface area contributed by atoms with Crippen molar-refractivity contribution >= 4 is 5.97 Å². The van der Waals surface area contributed by atoms with Crippen molar-refractivity contribution in [3.05, 3.63) is 47.0 Å². The number of hydrogen-bond acceptors (Lipinski definition) is 3. The molecule has 2 rings (SSSR count). The van der Waals surface area contributed by atoms with Crippen LogP contribution in [-0.4, -0.2) is 38.1 Å². The van der Waals surface area contributed by atoms with Crippen molar-refractivity contribution in [3.63, 3.8) is 0 Å². The Morgan fingerprint density at radius 3 is 2.69 bits per heavy atom. The van der Waals surface area contributed by atoms with Crippen LogP contribution in [0.1, 0.15) is 75.0 Å². The smallest absolute Gasteiger partial charge is 0.334 e. The molecule has 1 aromatic carbocycles. The van der Waals surface area contributed by atoms with Gasteiger partial charge in [-0.2, -0.15) is 0 Å². The first-order chi connectivity index (χ1) is 14.0. The number of rotatable bonds is 13. The van der Waals surface area contributed by atoms with Crippen LogP contribution in [0, 0.1) is 5.92 Å². The van der Waals surface area contributed by atoms with Crippen molar-refractivity contribution < 1.29 is 9.53 Å². The van der Waals surface area contributed by atoms with Crippen LogP contribution >= 0.6 is 0 Å². The third kappa shape index (κ3) is 8.74. The minimum absolute atomic E-state index is 0.273. The molecule has 0 saturated carbocycles. The molecule has 162 valence electrons. The lowest BCUT2D eigenvalue weighted by Gasteiger charge is -2.25. The molecule has 0 spiro atoms. The molecule has 0 amide bonds. The Labute approximate surface area is 178 Å². The molecule has 1 unspecified atom stereocenters. The van der Waals surface area contributed by atoms with Gasteiger partial charge >= 0.3 is 5.97 Å². The van der Waals surface area contributed by atoms with Crippen LogP contribution in [-0.2, 0) is 28.8 Å². The predicted octanol–water partition coefficient (Wildman–Crippen LogP) is 5.75. The highest BCUT2D eigenvalue weighted by Crippen LogP contribution is 2.30. The summed E-state index contributed by atoms with van der Waals surface area (Å²) in [4.78, 5) is 13.8. The fourth-order valence-corrected chi connectivity index (χ4v) is 4.31. The Hall–Kier alpha value is -1.61. The van der Waals surface area contributed by atoms with Gasteiger partial charge in [0.2, 0.25) is 0 Å². The summed E-state index contributed by atoms with van der Waals surface area (Å²) in [5, 5.41) is 0. The van der Waals surface area contributed by atoms with E-state index in [0.717, 1.165) is 18.8 Å². The van der Waals surface area contributed by atoms with Gasteiger partial charge in [0, 0.05) is 12.1 Å². The minimum atomic E-state index is -0.273. The zero-order valence-corrected chi connectivity index (χ0v) is 19.0. The second-order valence-corrected chi connectivity index (χ2v) is 9.00. The largest absolute Gasteiger partial charge is 0.462 e. The Kier molecular flexibility index (Phi) is 10.5. The average molecular weight is 400 g/mol. The van der Waals surface area contributed by atoms with Gasteiger partial charge in [0.05, 0.1) is 6.61 Å². The van der Waals surface area contributed by atoms with Crippen LogP contribution in [0.15, 0.2) is 30.4 Å². The highest BCUT2D eigenvalue weighted by molar-refractivity contribution is 5.88. The second kappa shape index (κ2) is 12.8. The number of ether oxygens (including phenoxy) is 1. The van der Waals surface area contributed by atoms with Crippen LogP contribution in [0.4, 0.5) is 0 Å². The van der Waals surface area contributed by atoms with Crippen molar-refractivity contribution in [1.29, 1.82) is 0 Å². The van der Waals surface area contributed by atoms with Gasteiger partial charge in [-0.3, -0.25) is 0 Å². The first kappa shape index (κ1) is 23.7. The fraction of sp³-hybridized carbons (Fsp3) is 0.654. The van der Waals surface area contributed by atoms with Crippen molar-refractivity contribution in [2.75, 3.05) is 27.2 Å². The summed E-state index contributed by atoms with van der Waals surface area (Å²) in [6, 6.07) is 7.01. The maximum absolute atomic E-state index is 11.9. The summed E-state index contributed by atoms with van der Waals surface area (Å²) in [7, 11) is 3.84. The molecule has 0 fully saturated rings. The Bertz CT molecular complexity index is 650. The van der Waals surface area contributed by atoms with E-state index in [1.165, 1.54) is 63.4 Å². The molecule has 1 aromatic rings. The maximum atomic E-state index is 11.9. The summed E-state index contributed by atoms with van der Waals surface area (Å²) in [6.45, 7) is 7.09. The van der Waals surface area contributed by atoms with E-state index < -0.39 is 0 Å². The lowest BCUT2D eigenvalue weighted by Crippen LogP contribution is -2.21. The molecule has 1 atom stereocenters. The van der Waals surface area contributed by atoms with Gasteiger partial charge in [-0.1, -0.05) is 70.2 Å². The van der Waals surface area contributed by atoms with Crippen LogP contribution in [0.3, 0.4) is 0 Å². The Balaban J connectivity index is 1.69. The first-order valence-electron chi connectivity index (χ1n) is 11.6. The lowest BCUT2D eigenvalue weighted by molar-refractivity contribution is -0.139. The van der Waals surface area contributed by atoms with E-state index in [1.54, 1.807) is 11.1 Å². The summed E-state index contributed by atoms with van der Waals surface area (Å²) < 4.78 is 5.35. The molecule has 0 bridgehead atoms. The summed E-state index contributed by atoms with van der Waals surface area (Å²) in [5.74, 6) is 0.606. The topological polar surface area (TPSA) is 29.5 Å². The number of carbonyl (C=O) groups excluding carboxylic acids is 1. The molecule has 1 aliphatic carbocycles. The number of fused-ring (bicyclic) bond motifs is 1. The molecule has 1 aliphatic rings. The quantitative estimate of drug-likeness (QED) is 0.240. The molecule has 3 nitrogen and oxygen atoms in total. The van der Waals surface area contributed by atoms with Gasteiger partial charge in [0.1, 0.15) is 0 Å². The SMILES string of the molecule is C=C(CN(C)C)C(=O)OCCCc1ccc2c(c1)CCC(CCCCCCC)C2. The second-order valence-electron chi connectivity index (χ2n) is 9.00. The number of unbranched alkanes of at least 4 members (excludes halogenated alkanes) is 4. The third-order valence-electron chi connectivity index (χ3n) is 5.96. The predicted molar refractivity (Wildman–Crippen MR) is 122 cm³/mol. The zero-order chi connectivity index (χ0) is 21.1. The van der Waals surface area contributed by atoms with Gasteiger partial charge in [-0.25, -0.2) is 4.79 Å². The van der Waals surface area contributed by atoms with Crippen molar-refractivity contribution in [3.8, 4) is 0 Å². The number of carbonyl (C=O) groups is 1. The first-order valence-corrected chi connectivity index (χ1v) is 11.6. The Morgan fingerprint density at radius 1 is 1.14 bits per heavy atom. The van der Waals surface area contributed by atoms with Crippen LogP contribution < -0.4 is 0 Å². The molecule has 0 N–H and O–H groups in total. The highest BCUT2D eigenvalue weighted by atomic mass is 16.5. The average Bonchev–Trinajstić information content (AvgIpc) is 2.70. The monoisotopic (exact) mass is 399 g/mol. The summed E-state index contributed by atoms with van der Waals surface area (Å²) >= 11 is 0. The number of hydrogen-bond donors (Lipinski definition) is 0. The van der Waals surface area contributed by atoms with E-state index in [-0.39, 0.29) is 5.97 Å². The van der Waals surface area contributed by atoms with Gasteiger partial charge in [-0.05, 0) is 68.8 Å². The third-order valence-corrected chi connectivity index (χ3v) is 5.96. The number of nitrogens with zero attached hydrogens (tertiary/aromatic N) is 1. The van der Waals surface area contributed by atoms with Crippen molar-refractivity contribution in [1.82, 2.24) is 4.90 Å². The number of likely N-dealkylation sites (N-methyl/N-ethyl adjacent to an activating group) is 1. The Morgan fingerprint density at radius 2 is 1.93 bits per heavy atom. The normalized spacial score (nSPS) is 15.9. The van der Waals surface area contributed by atoms with Crippen LogP contribution in [0.5, 0.6) is 0 Å². The van der Waals surface area contributed by atoms with Gasteiger partial charge in [-0.15, -0.1) is 0 Å².